The molecule has 1 heterocycles. The Hall–Kier alpha value is -0.0800. The third-order valence-electron chi connectivity index (χ3n) is 4.65. The fourth-order valence-electron chi connectivity index (χ4n) is 3.97. The summed E-state index contributed by atoms with van der Waals surface area (Å²) in [6.45, 7) is 0.967. The summed E-state index contributed by atoms with van der Waals surface area (Å²) in [5.41, 5.74) is 6.69. The van der Waals surface area contributed by atoms with Crippen molar-refractivity contribution in [3.05, 3.63) is 0 Å². The first-order chi connectivity index (χ1) is 6.76. The third-order valence-corrected chi connectivity index (χ3v) is 4.65. The second-order valence-electron chi connectivity index (χ2n) is 5.65. The van der Waals surface area contributed by atoms with Gasteiger partial charge in [-0.2, -0.15) is 0 Å². The molecule has 4 unspecified atom stereocenters. The van der Waals surface area contributed by atoms with Crippen LogP contribution in [0.5, 0.6) is 0 Å². The Labute approximate surface area is 86.2 Å². The molecule has 2 heteroatoms. The van der Waals surface area contributed by atoms with Crippen LogP contribution in [0.2, 0.25) is 0 Å². The average molecular weight is 195 g/mol. The summed E-state index contributed by atoms with van der Waals surface area (Å²) in [7, 11) is 0. The minimum Gasteiger partial charge on any atom is -0.378 e. The molecule has 2 N–H and O–H groups in total. The molecule has 3 fully saturated rings. The van der Waals surface area contributed by atoms with Gasteiger partial charge in [0.15, 0.2) is 0 Å². The molecular formula is C12H21NO. The first kappa shape index (κ1) is 9.17. The van der Waals surface area contributed by atoms with Crippen molar-refractivity contribution < 1.29 is 4.74 Å². The Balaban J connectivity index is 1.65. The number of hydrogen-bond acceptors (Lipinski definition) is 2. The maximum absolute atomic E-state index is 6.54. The Bertz CT molecular complexity index is 224. The van der Waals surface area contributed by atoms with E-state index in [0.717, 1.165) is 24.9 Å². The maximum atomic E-state index is 6.54. The van der Waals surface area contributed by atoms with Gasteiger partial charge in [0.25, 0.3) is 0 Å². The summed E-state index contributed by atoms with van der Waals surface area (Å²) in [4.78, 5) is 0. The fourth-order valence-corrected chi connectivity index (χ4v) is 3.97. The zero-order valence-electron chi connectivity index (χ0n) is 8.87. The van der Waals surface area contributed by atoms with Gasteiger partial charge in [0.2, 0.25) is 0 Å². The molecular weight excluding hydrogens is 174 g/mol. The van der Waals surface area contributed by atoms with E-state index in [2.05, 4.69) is 0 Å². The van der Waals surface area contributed by atoms with Gasteiger partial charge in [0, 0.05) is 12.1 Å². The van der Waals surface area contributed by atoms with Gasteiger partial charge >= 0.3 is 0 Å². The largest absolute Gasteiger partial charge is 0.378 e. The SMILES string of the molecule is NC1(CC2CCCO2)CC2CCC1C2. The number of nitrogens with two attached hydrogens (primary N) is 1. The zero-order chi connectivity index (χ0) is 9.60. The highest BCUT2D eigenvalue weighted by Gasteiger charge is 2.49. The lowest BCUT2D eigenvalue weighted by Gasteiger charge is -2.35. The molecule has 2 aliphatic carbocycles. The molecule has 4 atom stereocenters. The van der Waals surface area contributed by atoms with Gasteiger partial charge in [-0.1, -0.05) is 6.42 Å². The van der Waals surface area contributed by atoms with Gasteiger partial charge in [-0.15, -0.1) is 0 Å². The number of rotatable bonds is 2. The van der Waals surface area contributed by atoms with Crippen molar-refractivity contribution >= 4 is 0 Å². The fraction of sp³-hybridized carbons (Fsp3) is 1.00. The molecule has 1 saturated heterocycles. The molecule has 14 heavy (non-hydrogen) atoms. The van der Waals surface area contributed by atoms with Gasteiger partial charge in [0.05, 0.1) is 6.10 Å². The molecule has 0 aromatic rings. The van der Waals surface area contributed by atoms with Crippen molar-refractivity contribution in [1.29, 1.82) is 0 Å². The Morgan fingerprint density at radius 3 is 2.79 bits per heavy atom. The van der Waals surface area contributed by atoms with Crippen LogP contribution in [0.4, 0.5) is 0 Å². The van der Waals surface area contributed by atoms with E-state index in [1.54, 1.807) is 0 Å². The first-order valence-electron chi connectivity index (χ1n) is 6.17. The molecule has 3 rings (SSSR count). The molecule has 0 aromatic carbocycles. The van der Waals surface area contributed by atoms with Gasteiger partial charge in [-0.05, 0) is 50.4 Å². The average Bonchev–Trinajstić information content (AvgIpc) is 2.78. The Morgan fingerprint density at radius 2 is 2.21 bits per heavy atom. The monoisotopic (exact) mass is 195 g/mol. The normalized spacial score (nSPS) is 51.6. The lowest BCUT2D eigenvalue weighted by Crippen LogP contribution is -2.47. The van der Waals surface area contributed by atoms with Gasteiger partial charge < -0.3 is 10.5 Å². The zero-order valence-corrected chi connectivity index (χ0v) is 8.87. The van der Waals surface area contributed by atoms with Crippen LogP contribution in [0.3, 0.4) is 0 Å². The molecule has 0 aromatic heterocycles. The van der Waals surface area contributed by atoms with Crippen LogP contribution < -0.4 is 5.73 Å². The molecule has 2 bridgehead atoms. The quantitative estimate of drug-likeness (QED) is 0.732. The van der Waals surface area contributed by atoms with Gasteiger partial charge in [0.1, 0.15) is 0 Å². The molecule has 0 amide bonds. The van der Waals surface area contributed by atoms with E-state index >= 15 is 0 Å². The minimum atomic E-state index is 0.151. The van der Waals surface area contributed by atoms with Crippen LogP contribution >= 0.6 is 0 Å². The summed E-state index contributed by atoms with van der Waals surface area (Å²) in [6.07, 6.45) is 9.61. The van der Waals surface area contributed by atoms with E-state index in [-0.39, 0.29) is 5.54 Å². The lowest BCUT2D eigenvalue weighted by atomic mass is 9.77. The molecule has 0 spiro atoms. The van der Waals surface area contributed by atoms with Crippen molar-refractivity contribution in [3.8, 4) is 0 Å². The van der Waals surface area contributed by atoms with E-state index in [4.69, 9.17) is 10.5 Å². The highest BCUT2D eigenvalue weighted by Crippen LogP contribution is 2.51. The topological polar surface area (TPSA) is 35.2 Å². The first-order valence-corrected chi connectivity index (χ1v) is 6.17. The summed E-state index contributed by atoms with van der Waals surface area (Å²) >= 11 is 0. The molecule has 3 aliphatic rings. The summed E-state index contributed by atoms with van der Waals surface area (Å²) in [6, 6.07) is 0. The predicted molar refractivity (Wildman–Crippen MR) is 56.0 cm³/mol. The number of hydrogen-bond donors (Lipinski definition) is 1. The van der Waals surface area contributed by atoms with Gasteiger partial charge in [-0.3, -0.25) is 0 Å². The summed E-state index contributed by atoms with van der Waals surface area (Å²) < 4.78 is 5.71. The van der Waals surface area contributed by atoms with Crippen molar-refractivity contribution in [3.63, 3.8) is 0 Å². The van der Waals surface area contributed by atoms with Crippen molar-refractivity contribution in [2.75, 3.05) is 6.61 Å². The second-order valence-corrected chi connectivity index (χ2v) is 5.65. The van der Waals surface area contributed by atoms with Crippen molar-refractivity contribution in [2.24, 2.45) is 17.6 Å². The predicted octanol–water partition coefficient (Wildman–Crippen LogP) is 2.07. The molecule has 0 radical (unpaired) electrons. The second kappa shape index (κ2) is 3.21. The molecule has 1 aliphatic heterocycles. The maximum Gasteiger partial charge on any atom is 0.0593 e. The van der Waals surface area contributed by atoms with Crippen LogP contribution in [0.25, 0.3) is 0 Å². The van der Waals surface area contributed by atoms with Crippen LogP contribution in [-0.2, 0) is 4.74 Å². The summed E-state index contributed by atoms with van der Waals surface area (Å²) in [5, 5.41) is 0. The van der Waals surface area contributed by atoms with Crippen LogP contribution in [0, 0.1) is 11.8 Å². The number of fused-ring (bicyclic) bond motifs is 2. The smallest absolute Gasteiger partial charge is 0.0593 e. The van der Waals surface area contributed by atoms with Gasteiger partial charge in [-0.25, -0.2) is 0 Å². The van der Waals surface area contributed by atoms with Crippen LogP contribution in [-0.4, -0.2) is 18.2 Å². The summed E-state index contributed by atoms with van der Waals surface area (Å²) in [5.74, 6) is 1.77. The van der Waals surface area contributed by atoms with E-state index < -0.39 is 0 Å². The van der Waals surface area contributed by atoms with E-state index in [9.17, 15) is 0 Å². The standard InChI is InChI=1S/C12H21NO/c13-12(8-11-2-1-5-14-11)7-9-3-4-10(12)6-9/h9-11H,1-8,13H2. The van der Waals surface area contributed by atoms with E-state index in [1.165, 1.54) is 38.5 Å². The number of ether oxygens (including phenoxy) is 1. The van der Waals surface area contributed by atoms with Crippen LogP contribution in [0.15, 0.2) is 0 Å². The van der Waals surface area contributed by atoms with Crippen LogP contribution in [0.1, 0.15) is 44.9 Å². The van der Waals surface area contributed by atoms with E-state index in [0.29, 0.717) is 6.10 Å². The Kier molecular flexibility index (Phi) is 2.10. The molecule has 2 saturated carbocycles. The molecule has 80 valence electrons. The molecule has 2 nitrogen and oxygen atoms in total. The highest BCUT2D eigenvalue weighted by atomic mass is 16.5. The lowest BCUT2D eigenvalue weighted by molar-refractivity contribution is 0.0697. The van der Waals surface area contributed by atoms with Crippen molar-refractivity contribution in [2.45, 2.75) is 56.6 Å². The third kappa shape index (κ3) is 1.40. The Morgan fingerprint density at radius 1 is 1.29 bits per heavy atom. The van der Waals surface area contributed by atoms with Crippen molar-refractivity contribution in [1.82, 2.24) is 0 Å². The minimum absolute atomic E-state index is 0.151. The van der Waals surface area contributed by atoms with E-state index in [1.807, 2.05) is 0 Å². The highest BCUT2D eigenvalue weighted by molar-refractivity contribution is 5.05.